The SMILES string of the molecule is Cc1c(C(=O)NS(=O)(=O)c2cnn(C)c2Cl)cnc2ccnn12. The number of amides is 1. The van der Waals surface area contributed by atoms with Gasteiger partial charge in [-0.05, 0) is 6.92 Å². The van der Waals surface area contributed by atoms with Gasteiger partial charge >= 0.3 is 0 Å². The van der Waals surface area contributed by atoms with Crippen molar-refractivity contribution in [3.05, 3.63) is 41.1 Å². The number of hydrogen-bond acceptors (Lipinski definition) is 6. The zero-order valence-electron chi connectivity index (χ0n) is 12.1. The highest BCUT2D eigenvalue weighted by molar-refractivity contribution is 7.90. The Labute approximate surface area is 135 Å². The van der Waals surface area contributed by atoms with E-state index in [-0.39, 0.29) is 15.6 Å². The lowest BCUT2D eigenvalue weighted by atomic mass is 10.2. The minimum absolute atomic E-state index is 0.0878. The smallest absolute Gasteiger partial charge is 0.268 e. The van der Waals surface area contributed by atoms with Crippen LogP contribution in [-0.4, -0.2) is 38.7 Å². The van der Waals surface area contributed by atoms with E-state index in [2.05, 4.69) is 15.2 Å². The van der Waals surface area contributed by atoms with Crippen molar-refractivity contribution in [3.8, 4) is 0 Å². The number of rotatable bonds is 3. The first-order valence-electron chi connectivity index (χ1n) is 6.35. The van der Waals surface area contributed by atoms with E-state index < -0.39 is 15.9 Å². The van der Waals surface area contributed by atoms with E-state index in [9.17, 15) is 13.2 Å². The summed E-state index contributed by atoms with van der Waals surface area (Å²) < 4.78 is 29.1. The molecule has 0 saturated heterocycles. The molecule has 3 aromatic rings. The zero-order valence-corrected chi connectivity index (χ0v) is 13.6. The maximum atomic E-state index is 12.3. The summed E-state index contributed by atoms with van der Waals surface area (Å²) in [5, 5.41) is 7.67. The Bertz CT molecular complexity index is 1020. The molecule has 1 amide bonds. The summed E-state index contributed by atoms with van der Waals surface area (Å²) in [7, 11) is -2.66. The maximum Gasteiger partial charge on any atom is 0.268 e. The van der Waals surface area contributed by atoms with Gasteiger partial charge in [-0.3, -0.25) is 9.48 Å². The van der Waals surface area contributed by atoms with E-state index in [1.165, 1.54) is 28.6 Å². The number of carbonyl (C=O) groups is 1. The van der Waals surface area contributed by atoms with E-state index in [0.29, 0.717) is 11.3 Å². The van der Waals surface area contributed by atoms with Gasteiger partial charge in [-0.2, -0.15) is 10.2 Å². The van der Waals surface area contributed by atoms with Gasteiger partial charge < -0.3 is 0 Å². The molecule has 0 saturated carbocycles. The summed E-state index contributed by atoms with van der Waals surface area (Å²) in [4.78, 5) is 16.1. The Morgan fingerprint density at radius 2 is 2.04 bits per heavy atom. The van der Waals surface area contributed by atoms with Gasteiger partial charge in [-0.15, -0.1) is 0 Å². The Morgan fingerprint density at radius 1 is 1.30 bits per heavy atom. The molecule has 1 N–H and O–H groups in total. The molecule has 9 nitrogen and oxygen atoms in total. The van der Waals surface area contributed by atoms with Crippen LogP contribution in [-0.2, 0) is 17.1 Å². The van der Waals surface area contributed by atoms with Crippen LogP contribution in [0.25, 0.3) is 5.65 Å². The van der Waals surface area contributed by atoms with Crippen LogP contribution < -0.4 is 4.72 Å². The van der Waals surface area contributed by atoms with Crippen LogP contribution in [0.4, 0.5) is 0 Å². The van der Waals surface area contributed by atoms with Crippen molar-refractivity contribution in [2.24, 2.45) is 7.05 Å². The van der Waals surface area contributed by atoms with Crippen LogP contribution in [0.15, 0.2) is 29.6 Å². The minimum atomic E-state index is -4.15. The van der Waals surface area contributed by atoms with Crippen LogP contribution in [0.2, 0.25) is 5.15 Å². The fourth-order valence-electron chi connectivity index (χ4n) is 2.03. The topological polar surface area (TPSA) is 111 Å². The molecule has 3 heterocycles. The van der Waals surface area contributed by atoms with Crippen molar-refractivity contribution in [2.75, 3.05) is 0 Å². The molecule has 0 aliphatic carbocycles. The molecule has 0 aromatic carbocycles. The number of sulfonamides is 1. The van der Waals surface area contributed by atoms with E-state index in [0.717, 1.165) is 6.20 Å². The predicted octanol–water partition coefficient (Wildman–Crippen LogP) is 0.543. The molecule has 0 aliphatic heterocycles. The third-order valence-corrected chi connectivity index (χ3v) is 5.15. The minimum Gasteiger partial charge on any atom is -0.268 e. The summed E-state index contributed by atoms with van der Waals surface area (Å²) >= 11 is 5.86. The van der Waals surface area contributed by atoms with Crippen LogP contribution in [0.5, 0.6) is 0 Å². The quantitative estimate of drug-likeness (QED) is 0.735. The Hall–Kier alpha value is -2.46. The second-order valence-electron chi connectivity index (χ2n) is 4.72. The van der Waals surface area contributed by atoms with E-state index in [4.69, 9.17) is 11.6 Å². The molecule has 0 fully saturated rings. The first-order chi connectivity index (χ1) is 10.8. The van der Waals surface area contributed by atoms with E-state index >= 15 is 0 Å². The second-order valence-corrected chi connectivity index (χ2v) is 6.73. The number of halogens is 1. The van der Waals surface area contributed by atoms with Gasteiger partial charge in [0.1, 0.15) is 10.0 Å². The van der Waals surface area contributed by atoms with E-state index in [1.54, 1.807) is 13.0 Å². The monoisotopic (exact) mass is 354 g/mol. The first kappa shape index (κ1) is 15.4. The fraction of sp³-hybridized carbons (Fsp3) is 0.167. The molecule has 0 spiro atoms. The molecule has 3 rings (SSSR count). The normalized spacial score (nSPS) is 11.8. The highest BCUT2D eigenvalue weighted by Gasteiger charge is 2.25. The van der Waals surface area contributed by atoms with Crippen LogP contribution in [0.1, 0.15) is 16.1 Å². The predicted molar refractivity (Wildman–Crippen MR) is 80.6 cm³/mol. The molecule has 120 valence electrons. The van der Waals surface area contributed by atoms with Gasteiger partial charge in [0, 0.05) is 19.3 Å². The van der Waals surface area contributed by atoms with Gasteiger partial charge in [0.25, 0.3) is 15.9 Å². The van der Waals surface area contributed by atoms with Crippen molar-refractivity contribution in [1.29, 1.82) is 0 Å². The van der Waals surface area contributed by atoms with Crippen molar-refractivity contribution >= 4 is 33.2 Å². The lowest BCUT2D eigenvalue weighted by Gasteiger charge is -2.08. The van der Waals surface area contributed by atoms with Crippen molar-refractivity contribution in [3.63, 3.8) is 0 Å². The number of hydrogen-bond donors (Lipinski definition) is 1. The van der Waals surface area contributed by atoms with E-state index in [1.807, 2.05) is 4.72 Å². The highest BCUT2D eigenvalue weighted by Crippen LogP contribution is 2.20. The molecular weight excluding hydrogens is 344 g/mol. The molecule has 0 bridgehead atoms. The number of aryl methyl sites for hydroxylation is 2. The van der Waals surface area contributed by atoms with Crippen molar-refractivity contribution in [1.82, 2.24) is 29.1 Å². The van der Waals surface area contributed by atoms with Crippen molar-refractivity contribution in [2.45, 2.75) is 11.8 Å². The van der Waals surface area contributed by atoms with Crippen LogP contribution in [0.3, 0.4) is 0 Å². The van der Waals surface area contributed by atoms with Crippen molar-refractivity contribution < 1.29 is 13.2 Å². The summed E-state index contributed by atoms with van der Waals surface area (Å²) in [6, 6.07) is 1.67. The summed E-state index contributed by atoms with van der Waals surface area (Å²) in [5.74, 6) is -0.827. The van der Waals surface area contributed by atoms with Gasteiger partial charge in [0.05, 0.1) is 23.7 Å². The lowest BCUT2D eigenvalue weighted by molar-refractivity contribution is 0.0980. The Kier molecular flexibility index (Phi) is 3.57. The molecule has 0 aliphatic rings. The summed E-state index contributed by atoms with van der Waals surface area (Å²) in [5.41, 5.74) is 1.10. The number of carbonyl (C=O) groups excluding carboxylic acids is 1. The lowest BCUT2D eigenvalue weighted by Crippen LogP contribution is -2.31. The van der Waals surface area contributed by atoms with Crippen LogP contribution >= 0.6 is 11.6 Å². The highest BCUT2D eigenvalue weighted by atomic mass is 35.5. The molecule has 0 radical (unpaired) electrons. The number of aromatic nitrogens is 5. The Balaban J connectivity index is 1.97. The second kappa shape index (κ2) is 5.32. The Morgan fingerprint density at radius 3 is 2.70 bits per heavy atom. The number of fused-ring (bicyclic) bond motifs is 1. The average molecular weight is 355 g/mol. The molecule has 11 heteroatoms. The fourth-order valence-corrected chi connectivity index (χ4v) is 3.43. The largest absolute Gasteiger partial charge is 0.268 e. The van der Waals surface area contributed by atoms with Crippen LogP contribution in [0, 0.1) is 6.92 Å². The number of nitrogens with zero attached hydrogens (tertiary/aromatic N) is 5. The molecule has 3 aromatic heterocycles. The molecule has 0 atom stereocenters. The molecular formula is C12H11ClN6O3S. The molecule has 0 unspecified atom stereocenters. The zero-order chi connectivity index (χ0) is 16.8. The standard InChI is InChI=1S/C12H11ClN6O3S/c1-7-8(5-14-10-3-4-15-19(7)10)12(20)17-23(21,22)9-6-16-18(2)11(9)13/h3-6H,1-2H3,(H,17,20). The molecule has 23 heavy (non-hydrogen) atoms. The third-order valence-electron chi connectivity index (χ3n) is 3.25. The van der Waals surface area contributed by atoms with Gasteiger partial charge in [-0.1, -0.05) is 11.6 Å². The van der Waals surface area contributed by atoms with Gasteiger partial charge in [-0.25, -0.2) is 22.6 Å². The third kappa shape index (κ3) is 2.55. The average Bonchev–Trinajstić information content (AvgIpc) is 3.07. The maximum absolute atomic E-state index is 12.3. The summed E-state index contributed by atoms with van der Waals surface area (Å²) in [6.07, 6.45) is 3.89. The first-order valence-corrected chi connectivity index (χ1v) is 8.21. The number of nitrogens with one attached hydrogen (secondary N) is 1. The van der Waals surface area contributed by atoms with Gasteiger partial charge in [0.2, 0.25) is 0 Å². The van der Waals surface area contributed by atoms with Gasteiger partial charge in [0.15, 0.2) is 5.65 Å². The summed E-state index contributed by atoms with van der Waals surface area (Å²) in [6.45, 7) is 1.64.